The smallest absolute Gasteiger partial charge is 1.00 e. The van der Waals surface area contributed by atoms with E-state index in [1.165, 1.54) is 48.5 Å². The Labute approximate surface area is 331 Å². The zero-order valence-electron chi connectivity index (χ0n) is 26.8. The van der Waals surface area contributed by atoms with Crippen LogP contribution in [0.15, 0.2) is 58.3 Å². The topological polar surface area (TPSA) is 173 Å². The van der Waals surface area contributed by atoms with E-state index in [4.69, 9.17) is 0 Å². The Bertz CT molecular complexity index is 1270. The molecule has 0 radical (unpaired) electrons. The Morgan fingerprint density at radius 3 is 1.20 bits per heavy atom. The van der Waals surface area contributed by atoms with Crippen molar-refractivity contribution in [2.75, 3.05) is 22.1 Å². The number of thiol groups is 4. The maximum atomic E-state index is 11.7. The first-order valence-electron chi connectivity index (χ1n) is 13.9. The van der Waals surface area contributed by atoms with Gasteiger partial charge in [-0.1, -0.05) is 12.8 Å². The first-order chi connectivity index (χ1) is 20.6. The fraction of sp³-hybridized carbons (Fsp3) is 0.500. The number of anilines is 2. The SMILES string of the molecule is O=C(CCCCC(S)CCS)Nc1ccc(S(=O)(=O)[O-])cc1.O=C(CCCCC(S)CCS)Nc1ccc(S(=O)(=O)[O-])cc1.[H-].[Na+].[Zn+2]. The number of hydrogen-bond acceptors (Lipinski definition) is 12. The minimum Gasteiger partial charge on any atom is -1.00 e. The van der Waals surface area contributed by atoms with Gasteiger partial charge < -0.3 is 21.2 Å². The van der Waals surface area contributed by atoms with Gasteiger partial charge in [-0.25, -0.2) is 16.8 Å². The molecule has 2 aromatic carbocycles. The van der Waals surface area contributed by atoms with Gasteiger partial charge in [-0.2, -0.15) is 50.5 Å². The number of rotatable bonds is 18. The van der Waals surface area contributed by atoms with E-state index < -0.39 is 20.2 Å². The number of amides is 2. The molecule has 10 nitrogen and oxygen atoms in total. The third kappa shape index (κ3) is 22.8. The molecule has 2 atom stereocenters. The van der Waals surface area contributed by atoms with E-state index in [9.17, 15) is 35.5 Å². The van der Waals surface area contributed by atoms with Crippen molar-refractivity contribution in [2.45, 2.75) is 84.5 Å². The van der Waals surface area contributed by atoms with Gasteiger partial charge in [-0.05, 0) is 98.6 Å². The zero-order valence-corrected chi connectivity index (χ0v) is 36.0. The van der Waals surface area contributed by atoms with Crippen LogP contribution >= 0.6 is 50.5 Å². The van der Waals surface area contributed by atoms with Gasteiger partial charge in [0.2, 0.25) is 11.8 Å². The van der Waals surface area contributed by atoms with Crippen LogP contribution in [0.25, 0.3) is 0 Å². The molecular formula is C28H41N2NaO8S6Zn. The molecule has 2 aromatic rings. The van der Waals surface area contributed by atoms with Gasteiger partial charge in [-0.15, -0.1) is 0 Å². The molecule has 2 unspecified atom stereocenters. The summed E-state index contributed by atoms with van der Waals surface area (Å²) in [6.07, 6.45) is 7.96. The van der Waals surface area contributed by atoms with Gasteiger partial charge in [0, 0.05) is 34.7 Å². The van der Waals surface area contributed by atoms with Crippen LogP contribution in [0.1, 0.15) is 65.6 Å². The Morgan fingerprint density at radius 2 is 0.935 bits per heavy atom. The number of nitrogens with one attached hydrogen (secondary N) is 2. The number of benzene rings is 2. The summed E-state index contributed by atoms with van der Waals surface area (Å²) in [6.45, 7) is 0. The molecule has 0 fully saturated rings. The van der Waals surface area contributed by atoms with Gasteiger partial charge in [0.05, 0.1) is 9.79 Å². The fourth-order valence-electron chi connectivity index (χ4n) is 3.77. The summed E-state index contributed by atoms with van der Waals surface area (Å²) in [6, 6.07) is 10.3. The van der Waals surface area contributed by atoms with Crippen LogP contribution in [-0.2, 0) is 49.3 Å². The van der Waals surface area contributed by atoms with Crippen molar-refractivity contribution >= 4 is 93.9 Å². The van der Waals surface area contributed by atoms with Gasteiger partial charge in [0.25, 0.3) is 0 Å². The zero-order chi connectivity index (χ0) is 33.2. The molecular weight excluding hydrogens is 773 g/mol. The van der Waals surface area contributed by atoms with E-state index in [-0.39, 0.29) is 72.1 Å². The van der Waals surface area contributed by atoms with E-state index in [0.717, 1.165) is 62.9 Å². The number of carbonyl (C=O) groups excluding carboxylic acids is 2. The molecule has 2 rings (SSSR count). The second-order valence-electron chi connectivity index (χ2n) is 9.88. The minimum atomic E-state index is -4.45. The summed E-state index contributed by atoms with van der Waals surface area (Å²) < 4.78 is 64.7. The van der Waals surface area contributed by atoms with E-state index >= 15 is 0 Å². The molecule has 0 saturated heterocycles. The summed E-state index contributed by atoms with van der Waals surface area (Å²) in [7, 11) is -8.91. The quantitative estimate of drug-likeness (QED) is 0.0577. The predicted octanol–water partition coefficient (Wildman–Crippen LogP) is 2.53. The average Bonchev–Trinajstić information content (AvgIpc) is 2.94. The monoisotopic (exact) mass is 812 g/mol. The fourth-order valence-corrected chi connectivity index (χ4v) is 6.37. The van der Waals surface area contributed by atoms with Gasteiger partial charge in [0.15, 0.2) is 0 Å². The molecule has 0 aromatic heterocycles. The van der Waals surface area contributed by atoms with Crippen LogP contribution in [0.4, 0.5) is 11.4 Å². The van der Waals surface area contributed by atoms with Gasteiger partial charge in [-0.3, -0.25) is 9.59 Å². The molecule has 18 heteroatoms. The van der Waals surface area contributed by atoms with Crippen LogP contribution in [0.3, 0.4) is 0 Å². The van der Waals surface area contributed by atoms with Gasteiger partial charge in [0.1, 0.15) is 20.2 Å². The second kappa shape index (κ2) is 26.1. The molecule has 2 N–H and O–H groups in total. The first-order valence-corrected chi connectivity index (χ1v) is 19.1. The summed E-state index contributed by atoms with van der Waals surface area (Å²) in [5.41, 5.74) is 0.944. The predicted molar refractivity (Wildman–Crippen MR) is 187 cm³/mol. The molecule has 0 saturated carbocycles. The second-order valence-corrected chi connectivity index (χ2v) is 15.0. The summed E-state index contributed by atoms with van der Waals surface area (Å²) in [4.78, 5) is 22.9. The first kappa shape index (κ1) is 48.3. The summed E-state index contributed by atoms with van der Waals surface area (Å²) in [5.74, 6) is 1.35. The van der Waals surface area contributed by atoms with Crippen molar-refractivity contribution in [3.8, 4) is 0 Å². The molecule has 0 aliphatic carbocycles. The summed E-state index contributed by atoms with van der Waals surface area (Å²) in [5, 5.41) is 5.98. The molecule has 0 spiro atoms. The van der Waals surface area contributed by atoms with E-state index in [0.29, 0.717) is 34.7 Å². The number of unbranched alkanes of at least 4 members (excludes halogenated alkanes) is 2. The molecule has 0 heterocycles. The van der Waals surface area contributed by atoms with Crippen molar-refractivity contribution in [1.29, 1.82) is 0 Å². The van der Waals surface area contributed by atoms with E-state index in [1.54, 1.807) is 0 Å². The molecule has 0 bridgehead atoms. The van der Waals surface area contributed by atoms with Crippen LogP contribution in [0, 0.1) is 0 Å². The molecule has 250 valence electrons. The molecule has 2 amide bonds. The molecule has 46 heavy (non-hydrogen) atoms. The van der Waals surface area contributed by atoms with Crippen molar-refractivity contribution < 1.29 is 86.0 Å². The van der Waals surface area contributed by atoms with Crippen LogP contribution in [-0.4, -0.2) is 59.8 Å². The van der Waals surface area contributed by atoms with Crippen molar-refractivity contribution in [1.82, 2.24) is 0 Å². The Hall–Kier alpha value is 0.223. The third-order valence-corrected chi connectivity index (χ3v) is 9.41. The Balaban J connectivity index is -0.000000774. The van der Waals surface area contributed by atoms with Crippen LogP contribution in [0.5, 0.6) is 0 Å². The van der Waals surface area contributed by atoms with E-state index in [1.807, 2.05) is 0 Å². The van der Waals surface area contributed by atoms with Crippen molar-refractivity contribution in [3.63, 3.8) is 0 Å². The van der Waals surface area contributed by atoms with E-state index in [2.05, 4.69) is 61.1 Å². The molecule has 0 aliphatic rings. The van der Waals surface area contributed by atoms with Crippen molar-refractivity contribution in [3.05, 3.63) is 48.5 Å². The average molecular weight is 814 g/mol. The number of hydrogen-bond donors (Lipinski definition) is 6. The maximum Gasteiger partial charge on any atom is 2.00 e. The number of carbonyl (C=O) groups is 2. The third-order valence-electron chi connectivity index (χ3n) is 6.16. The molecule has 0 aliphatic heterocycles. The normalized spacial score (nSPS) is 12.3. The van der Waals surface area contributed by atoms with Crippen molar-refractivity contribution in [2.24, 2.45) is 0 Å². The Kier molecular flexibility index (Phi) is 27.4. The largest absolute Gasteiger partial charge is 2.00 e. The van der Waals surface area contributed by atoms with Crippen LogP contribution in [0.2, 0.25) is 0 Å². The summed E-state index contributed by atoms with van der Waals surface area (Å²) >= 11 is 17.1. The Morgan fingerprint density at radius 1 is 0.630 bits per heavy atom. The van der Waals surface area contributed by atoms with Crippen LogP contribution < -0.4 is 40.2 Å². The maximum absolute atomic E-state index is 11.7. The van der Waals surface area contributed by atoms with Gasteiger partial charge >= 0.3 is 49.0 Å². The minimum absolute atomic E-state index is 0. The standard InChI is InChI=1S/2C14H21NO4S3.Na.Zn.H/c2*16-14(4-2-1-3-12(21)9-10-20)15-11-5-7-13(8-6-11)22(17,18)19;;;/h2*5-8,12,20-21H,1-4,9-10H2,(H,15,16)(H,17,18,19);;;/q;;+1;+2;-1/p-2.